The largest absolute Gasteiger partial charge is 0.497 e. The Morgan fingerprint density at radius 1 is 1.05 bits per heavy atom. The van der Waals surface area contributed by atoms with Crippen LogP contribution in [0.25, 0.3) is 6.08 Å². The molecule has 0 N–H and O–H groups in total. The molecule has 0 fully saturated rings. The van der Waals surface area contributed by atoms with E-state index in [9.17, 15) is 9.59 Å². The van der Waals surface area contributed by atoms with Gasteiger partial charge in [-0.3, -0.25) is 9.36 Å². The lowest BCUT2D eigenvalue weighted by Gasteiger charge is -2.26. The van der Waals surface area contributed by atoms with Crippen LogP contribution in [0.4, 0.5) is 0 Å². The third kappa shape index (κ3) is 5.84. The van der Waals surface area contributed by atoms with Crippen molar-refractivity contribution in [3.05, 3.63) is 119 Å². The third-order valence-electron chi connectivity index (χ3n) is 6.78. The van der Waals surface area contributed by atoms with Gasteiger partial charge in [0.05, 0.1) is 36.6 Å². The minimum Gasteiger partial charge on any atom is -0.497 e. The molecule has 0 saturated heterocycles. The van der Waals surface area contributed by atoms with Gasteiger partial charge in [-0.25, -0.2) is 9.79 Å². The predicted octanol–water partition coefficient (Wildman–Crippen LogP) is 5.05. The monoisotopic (exact) mass is 604 g/mol. The Hall–Kier alpha value is -4.34. The molecule has 0 aliphatic carbocycles. The van der Waals surface area contributed by atoms with Gasteiger partial charge in [0.15, 0.2) is 4.80 Å². The van der Waals surface area contributed by atoms with Gasteiger partial charge in [-0.2, -0.15) is 0 Å². The topological polar surface area (TPSA) is 88.4 Å². The lowest BCUT2D eigenvalue weighted by Crippen LogP contribution is -2.40. The first-order chi connectivity index (χ1) is 20.3. The summed E-state index contributed by atoms with van der Waals surface area (Å²) in [6, 6.07) is 19.4. The zero-order valence-corrected chi connectivity index (χ0v) is 25.1. The van der Waals surface area contributed by atoms with Gasteiger partial charge in [0.2, 0.25) is 0 Å². The van der Waals surface area contributed by atoms with Gasteiger partial charge in [-0.05, 0) is 61.9 Å². The minimum absolute atomic E-state index is 0.181. The van der Waals surface area contributed by atoms with E-state index in [2.05, 4.69) is 4.99 Å². The quantitative estimate of drug-likeness (QED) is 0.249. The molecule has 5 rings (SSSR count). The van der Waals surface area contributed by atoms with E-state index in [1.165, 1.54) is 23.0 Å². The van der Waals surface area contributed by atoms with E-state index in [0.717, 1.165) is 11.1 Å². The maximum Gasteiger partial charge on any atom is 0.338 e. The van der Waals surface area contributed by atoms with Crippen LogP contribution < -0.4 is 29.1 Å². The molecular formula is C32H29ClN2O6S. The Morgan fingerprint density at radius 2 is 1.79 bits per heavy atom. The summed E-state index contributed by atoms with van der Waals surface area (Å²) >= 11 is 7.48. The molecule has 216 valence electrons. The van der Waals surface area contributed by atoms with Crippen LogP contribution in [0.2, 0.25) is 5.02 Å². The van der Waals surface area contributed by atoms with Crippen molar-refractivity contribution in [3.8, 4) is 17.2 Å². The third-order valence-corrected chi connectivity index (χ3v) is 8.13. The Morgan fingerprint density at radius 3 is 2.48 bits per heavy atom. The minimum atomic E-state index is -0.826. The number of hydrogen-bond donors (Lipinski definition) is 0. The number of halogens is 1. The number of hydrogen-bond acceptors (Lipinski definition) is 8. The number of allylic oxidation sites excluding steroid dienone is 1. The fourth-order valence-electron chi connectivity index (χ4n) is 4.73. The molecule has 1 aliphatic heterocycles. The lowest BCUT2D eigenvalue weighted by molar-refractivity contribution is -0.139. The van der Waals surface area contributed by atoms with Crippen LogP contribution in [0, 0.1) is 0 Å². The van der Waals surface area contributed by atoms with Crippen LogP contribution in [0.15, 0.2) is 87.8 Å². The van der Waals surface area contributed by atoms with Gasteiger partial charge < -0.3 is 18.9 Å². The summed E-state index contributed by atoms with van der Waals surface area (Å²) in [4.78, 5) is 32.3. The van der Waals surface area contributed by atoms with Crippen LogP contribution in [0.5, 0.6) is 17.2 Å². The normalized spacial score (nSPS) is 14.7. The highest BCUT2D eigenvalue weighted by Gasteiger charge is 2.35. The summed E-state index contributed by atoms with van der Waals surface area (Å²) in [6.07, 6.45) is 1.80. The van der Waals surface area contributed by atoms with Gasteiger partial charge >= 0.3 is 5.97 Å². The summed E-state index contributed by atoms with van der Waals surface area (Å²) in [5.74, 6) is 1.19. The van der Waals surface area contributed by atoms with Crippen LogP contribution in [-0.2, 0) is 16.1 Å². The Bertz CT molecular complexity index is 1840. The van der Waals surface area contributed by atoms with Gasteiger partial charge in [0.25, 0.3) is 5.56 Å². The molecule has 1 aromatic heterocycles. The van der Waals surface area contributed by atoms with E-state index in [1.54, 1.807) is 45.2 Å². The molecule has 4 aromatic rings. The number of thiazole rings is 1. The molecule has 8 nitrogen and oxygen atoms in total. The molecule has 42 heavy (non-hydrogen) atoms. The summed E-state index contributed by atoms with van der Waals surface area (Å²) in [6.45, 7) is 4.00. The number of benzene rings is 3. The summed E-state index contributed by atoms with van der Waals surface area (Å²) in [5.41, 5.74) is 2.73. The Kier molecular flexibility index (Phi) is 8.80. The van der Waals surface area contributed by atoms with Gasteiger partial charge in [-0.15, -0.1) is 0 Å². The average Bonchev–Trinajstić information content (AvgIpc) is 3.30. The van der Waals surface area contributed by atoms with E-state index >= 15 is 0 Å². The first-order valence-electron chi connectivity index (χ1n) is 13.2. The van der Waals surface area contributed by atoms with E-state index < -0.39 is 12.0 Å². The van der Waals surface area contributed by atoms with Gasteiger partial charge in [0, 0.05) is 16.1 Å². The van der Waals surface area contributed by atoms with E-state index in [1.807, 2.05) is 48.5 Å². The molecule has 1 aliphatic rings. The van der Waals surface area contributed by atoms with E-state index in [-0.39, 0.29) is 17.7 Å². The maximum absolute atomic E-state index is 13.9. The molecule has 0 unspecified atom stereocenters. The number of carbonyl (C=O) groups excluding carboxylic acids is 1. The zero-order chi connectivity index (χ0) is 29.8. The Labute approximate surface area is 251 Å². The van der Waals surface area contributed by atoms with Crippen LogP contribution in [0.1, 0.15) is 36.6 Å². The Balaban J connectivity index is 1.55. The van der Waals surface area contributed by atoms with Crippen molar-refractivity contribution in [2.45, 2.75) is 26.5 Å². The summed E-state index contributed by atoms with van der Waals surface area (Å²) in [7, 11) is 3.09. The second-order valence-corrected chi connectivity index (χ2v) is 10.8. The first-order valence-corrected chi connectivity index (χ1v) is 14.4. The molecule has 0 bridgehead atoms. The van der Waals surface area contributed by atoms with Gasteiger partial charge in [-0.1, -0.05) is 53.3 Å². The number of esters is 1. The number of rotatable bonds is 9. The first kappa shape index (κ1) is 29.2. The van der Waals surface area contributed by atoms with Crippen molar-refractivity contribution in [2.75, 3.05) is 20.8 Å². The van der Waals surface area contributed by atoms with Crippen molar-refractivity contribution in [3.63, 3.8) is 0 Å². The number of aromatic nitrogens is 1. The second kappa shape index (κ2) is 12.7. The highest BCUT2D eigenvalue weighted by atomic mass is 35.5. The van der Waals surface area contributed by atoms with Crippen molar-refractivity contribution >= 4 is 35.0 Å². The molecule has 2 heterocycles. The molecule has 0 spiro atoms. The molecule has 0 saturated carbocycles. The number of ether oxygens (including phenoxy) is 4. The summed E-state index contributed by atoms with van der Waals surface area (Å²) < 4.78 is 24.4. The van der Waals surface area contributed by atoms with E-state index in [0.29, 0.717) is 49.5 Å². The fourth-order valence-corrected chi connectivity index (χ4v) is 5.96. The van der Waals surface area contributed by atoms with Crippen molar-refractivity contribution in [1.82, 2.24) is 4.57 Å². The van der Waals surface area contributed by atoms with Crippen molar-refractivity contribution in [2.24, 2.45) is 4.99 Å². The second-order valence-electron chi connectivity index (χ2n) is 9.36. The van der Waals surface area contributed by atoms with Crippen molar-refractivity contribution < 1.29 is 23.7 Å². The molecule has 3 aromatic carbocycles. The molecule has 0 amide bonds. The highest BCUT2D eigenvalue weighted by Crippen LogP contribution is 2.37. The molecule has 10 heteroatoms. The number of methoxy groups -OCH3 is 2. The van der Waals surface area contributed by atoms with Gasteiger partial charge in [0.1, 0.15) is 29.9 Å². The van der Waals surface area contributed by atoms with Crippen molar-refractivity contribution in [1.29, 1.82) is 0 Å². The molecular weight excluding hydrogens is 576 g/mol. The predicted molar refractivity (Wildman–Crippen MR) is 162 cm³/mol. The molecule has 0 radical (unpaired) electrons. The average molecular weight is 605 g/mol. The van der Waals surface area contributed by atoms with Crippen LogP contribution >= 0.6 is 22.9 Å². The van der Waals surface area contributed by atoms with Crippen LogP contribution in [0.3, 0.4) is 0 Å². The number of nitrogens with zero attached hydrogens (tertiary/aromatic N) is 2. The smallest absolute Gasteiger partial charge is 0.338 e. The highest BCUT2D eigenvalue weighted by molar-refractivity contribution is 7.07. The summed E-state index contributed by atoms with van der Waals surface area (Å²) in [5, 5.41) is 0.649. The number of fused-ring (bicyclic) bond motifs is 1. The molecule has 1 atom stereocenters. The zero-order valence-electron chi connectivity index (χ0n) is 23.5. The maximum atomic E-state index is 13.9. The standard InChI is InChI=1S/C32H29ClN2O6S/c1-5-40-31(37)28-19(2)34-32-35(29(28)24-17-23(38-3)14-15-26(24)39-4)30(36)27(42-32)16-20-10-12-22(13-11-20)41-18-21-8-6-7-9-25(21)33/h6-17,29H,5,18H2,1-4H3/b27-16+/t29-/m1/s1. The number of carbonyl (C=O) groups is 1. The van der Waals surface area contributed by atoms with E-state index in [4.69, 9.17) is 30.5 Å². The fraction of sp³-hybridized carbons (Fsp3) is 0.219. The SMILES string of the molecule is CCOC(=O)C1=C(C)N=c2s/c(=C/c3ccc(OCc4ccccc4Cl)cc3)c(=O)n2[C@@H]1c1cc(OC)ccc1OC. The lowest BCUT2D eigenvalue weighted by atomic mass is 9.94. The van der Waals surface area contributed by atoms with Crippen LogP contribution in [-0.4, -0.2) is 31.4 Å².